The fourth-order valence-corrected chi connectivity index (χ4v) is 10.6. The molecule has 18 heteroatoms. The minimum absolute atomic E-state index is 0.0406. The lowest BCUT2D eigenvalue weighted by Crippen LogP contribution is -2.53. The van der Waals surface area contributed by atoms with Gasteiger partial charge < -0.3 is 24.4 Å². The second-order valence-electron chi connectivity index (χ2n) is 18.1. The van der Waals surface area contributed by atoms with Gasteiger partial charge in [0.05, 0.1) is 22.9 Å². The van der Waals surface area contributed by atoms with Crippen LogP contribution in [0.2, 0.25) is 0 Å². The maximum Gasteiger partial charge on any atom is 0.299 e. The van der Waals surface area contributed by atoms with Crippen LogP contribution >= 0.6 is 0 Å². The standard InChI is InChI=1S/C46H59N11O6S/c58-43-10-8-39(45(60)51-43)34-11-16-47-42(28-34)55-20-12-32(13-21-55)29-54-18-14-33(15-19-54)46(61)56-25-23-53(24-26-56)22-17-48-64(62,63)52-38-6-1-3-35(27-38)40-31-57-30-36(7-9-41(57)50-40)44(59)49-37-4-2-5-37/h1,3,6-7,9,11,16,27-28,30-33,37,39,48,52H,2,4-5,8,10,12-15,17-26,29H2,(H,49,59)(H,51,58,60). The Hall–Kier alpha value is -5.43. The average molecular weight is 894 g/mol. The first-order valence-electron chi connectivity index (χ1n) is 23.0. The quantitative estimate of drug-likeness (QED) is 0.136. The third-order valence-corrected chi connectivity index (χ3v) is 14.9. The van der Waals surface area contributed by atoms with Crippen LogP contribution in [0.5, 0.6) is 0 Å². The number of piperazine rings is 1. The molecule has 5 aliphatic rings. The van der Waals surface area contributed by atoms with E-state index < -0.39 is 10.2 Å². The van der Waals surface area contributed by atoms with Crippen molar-refractivity contribution < 1.29 is 27.6 Å². The molecule has 0 bridgehead atoms. The lowest BCUT2D eigenvalue weighted by molar-refractivity contribution is -0.139. The number of likely N-dealkylation sites (tertiary alicyclic amines) is 1. The number of aromatic nitrogens is 3. The lowest BCUT2D eigenvalue weighted by atomic mass is 9.90. The van der Waals surface area contributed by atoms with Crippen LogP contribution in [-0.4, -0.2) is 139 Å². The SMILES string of the molecule is O=C1CCC(c2ccnc(N3CCC(CN4CCC(C(=O)N5CCN(CCNS(=O)(=O)Nc6cccc(-c7cn8cc(C(=O)NC9CCC9)ccc8n7)c6)CC5)CC4)CC3)c2)C(=O)N1. The summed E-state index contributed by atoms with van der Waals surface area (Å²) in [5, 5.41) is 5.52. The van der Waals surface area contributed by atoms with Gasteiger partial charge in [-0.2, -0.15) is 13.1 Å². The summed E-state index contributed by atoms with van der Waals surface area (Å²) < 4.78 is 33.2. The predicted molar refractivity (Wildman–Crippen MR) is 243 cm³/mol. The number of fused-ring (bicyclic) bond motifs is 1. The number of piperidine rings is 3. The monoisotopic (exact) mass is 893 g/mol. The van der Waals surface area contributed by atoms with E-state index in [2.05, 4.69) is 39.8 Å². The molecule has 4 aromatic rings. The zero-order chi connectivity index (χ0) is 44.2. The Balaban J connectivity index is 0.665. The van der Waals surface area contributed by atoms with E-state index in [0.717, 1.165) is 94.6 Å². The summed E-state index contributed by atoms with van der Waals surface area (Å²) in [5.74, 6) is 0.916. The second-order valence-corrected chi connectivity index (χ2v) is 19.6. The minimum Gasteiger partial charge on any atom is -0.357 e. The fraction of sp³-hybridized carbons (Fsp3) is 0.522. The van der Waals surface area contributed by atoms with Gasteiger partial charge >= 0.3 is 0 Å². The number of benzene rings is 1. The molecular formula is C46H59N11O6S. The van der Waals surface area contributed by atoms with E-state index in [4.69, 9.17) is 4.98 Å². The maximum atomic E-state index is 13.6. The molecule has 0 radical (unpaired) electrons. The molecule has 340 valence electrons. The first-order chi connectivity index (χ1) is 31.0. The Morgan fingerprint density at radius 2 is 1.62 bits per heavy atom. The van der Waals surface area contributed by atoms with Gasteiger partial charge in [-0.3, -0.25) is 34.1 Å². The first kappa shape index (κ1) is 43.8. The summed E-state index contributed by atoms with van der Waals surface area (Å²) in [6, 6.07) is 14.8. The third kappa shape index (κ3) is 10.6. The second kappa shape index (κ2) is 19.4. The summed E-state index contributed by atoms with van der Waals surface area (Å²) in [4.78, 5) is 68.6. The van der Waals surface area contributed by atoms with Gasteiger partial charge in [-0.05, 0) is 112 Å². The summed E-state index contributed by atoms with van der Waals surface area (Å²) in [5.41, 5.74) is 3.96. The van der Waals surface area contributed by atoms with Crippen molar-refractivity contribution in [2.45, 2.75) is 69.7 Å². The smallest absolute Gasteiger partial charge is 0.299 e. The van der Waals surface area contributed by atoms with E-state index in [1.807, 2.05) is 33.7 Å². The number of carbonyl (C=O) groups excluding carboxylic acids is 4. The fourth-order valence-electron chi connectivity index (χ4n) is 9.72. The molecular weight excluding hydrogens is 835 g/mol. The summed E-state index contributed by atoms with van der Waals surface area (Å²) in [6.45, 7) is 8.14. The molecule has 4 amide bonds. The van der Waals surface area contributed by atoms with E-state index in [0.29, 0.717) is 74.1 Å². The number of rotatable bonds is 14. The zero-order valence-corrected chi connectivity index (χ0v) is 37.1. The van der Waals surface area contributed by atoms with Crippen LogP contribution in [0.3, 0.4) is 0 Å². The topological polar surface area (TPSA) is 194 Å². The highest BCUT2D eigenvalue weighted by Gasteiger charge is 2.33. The van der Waals surface area contributed by atoms with Crippen molar-refractivity contribution in [1.29, 1.82) is 0 Å². The Morgan fingerprint density at radius 3 is 2.38 bits per heavy atom. The lowest BCUT2D eigenvalue weighted by Gasteiger charge is -2.40. The molecule has 1 aliphatic carbocycles. The average Bonchev–Trinajstić information content (AvgIpc) is 3.72. The molecule has 1 atom stereocenters. The Bertz CT molecular complexity index is 2450. The van der Waals surface area contributed by atoms with Crippen molar-refractivity contribution in [2.24, 2.45) is 11.8 Å². The van der Waals surface area contributed by atoms with E-state index in [1.54, 1.807) is 42.7 Å². The van der Waals surface area contributed by atoms with Gasteiger partial charge in [0.25, 0.3) is 16.1 Å². The molecule has 4 saturated heterocycles. The van der Waals surface area contributed by atoms with Crippen molar-refractivity contribution in [2.75, 3.05) is 81.6 Å². The number of hydrogen-bond donors (Lipinski definition) is 4. The molecule has 9 rings (SSSR count). The highest BCUT2D eigenvalue weighted by Crippen LogP contribution is 2.30. The molecule has 64 heavy (non-hydrogen) atoms. The summed E-state index contributed by atoms with van der Waals surface area (Å²) in [6.07, 6.45) is 13.3. The third-order valence-electron chi connectivity index (χ3n) is 13.8. The van der Waals surface area contributed by atoms with Gasteiger partial charge in [-0.1, -0.05) is 12.1 Å². The van der Waals surface area contributed by atoms with E-state index in [9.17, 15) is 27.6 Å². The number of hydrogen-bond acceptors (Lipinski definition) is 11. The van der Waals surface area contributed by atoms with Crippen molar-refractivity contribution in [3.8, 4) is 11.3 Å². The van der Waals surface area contributed by atoms with E-state index >= 15 is 0 Å². The highest BCUT2D eigenvalue weighted by molar-refractivity contribution is 7.90. The maximum absolute atomic E-state index is 13.6. The van der Waals surface area contributed by atoms with Crippen LogP contribution in [-0.2, 0) is 24.6 Å². The molecule has 4 N–H and O–H groups in total. The summed E-state index contributed by atoms with van der Waals surface area (Å²) >= 11 is 0. The molecule has 3 aromatic heterocycles. The van der Waals surface area contributed by atoms with Crippen LogP contribution in [0.4, 0.5) is 11.5 Å². The number of amides is 4. The number of carbonyl (C=O) groups is 4. The van der Waals surface area contributed by atoms with Gasteiger partial charge in [-0.25, -0.2) is 9.97 Å². The molecule has 5 fully saturated rings. The van der Waals surface area contributed by atoms with Crippen LogP contribution in [0, 0.1) is 11.8 Å². The van der Waals surface area contributed by atoms with Crippen molar-refractivity contribution in [1.82, 2.24) is 44.4 Å². The number of anilines is 2. The van der Waals surface area contributed by atoms with Gasteiger partial charge in [0, 0.05) is 101 Å². The van der Waals surface area contributed by atoms with Crippen LogP contribution in [0.1, 0.15) is 79.6 Å². The molecule has 1 saturated carbocycles. The van der Waals surface area contributed by atoms with Crippen molar-refractivity contribution >= 4 is 51.0 Å². The predicted octanol–water partition coefficient (Wildman–Crippen LogP) is 3.22. The number of nitrogens with one attached hydrogen (secondary N) is 4. The van der Waals surface area contributed by atoms with Crippen molar-refractivity contribution in [3.63, 3.8) is 0 Å². The number of nitrogens with zero attached hydrogens (tertiary/aromatic N) is 7. The van der Waals surface area contributed by atoms with Crippen LogP contribution < -0.4 is 25.0 Å². The molecule has 4 aliphatic heterocycles. The van der Waals surface area contributed by atoms with E-state index in [1.165, 1.54) is 0 Å². The number of imide groups is 1. The minimum atomic E-state index is -3.85. The molecule has 7 heterocycles. The Morgan fingerprint density at radius 1 is 0.828 bits per heavy atom. The largest absolute Gasteiger partial charge is 0.357 e. The summed E-state index contributed by atoms with van der Waals surface area (Å²) in [7, 11) is -3.85. The molecule has 1 aromatic carbocycles. The Labute approximate surface area is 374 Å². The van der Waals surface area contributed by atoms with E-state index in [-0.39, 0.29) is 48.1 Å². The number of imidazole rings is 1. The normalized spacial score (nSPS) is 21.2. The highest BCUT2D eigenvalue weighted by atomic mass is 32.2. The van der Waals surface area contributed by atoms with Crippen LogP contribution in [0.15, 0.2) is 67.1 Å². The van der Waals surface area contributed by atoms with Crippen LogP contribution in [0.25, 0.3) is 16.9 Å². The van der Waals surface area contributed by atoms with Gasteiger partial charge in [0.1, 0.15) is 11.5 Å². The van der Waals surface area contributed by atoms with Crippen molar-refractivity contribution in [3.05, 3.63) is 78.2 Å². The Kier molecular flexibility index (Phi) is 13.2. The first-order valence-corrected chi connectivity index (χ1v) is 24.5. The number of pyridine rings is 2. The van der Waals surface area contributed by atoms with Gasteiger partial charge in [-0.15, -0.1) is 0 Å². The van der Waals surface area contributed by atoms with Gasteiger partial charge in [0.15, 0.2) is 0 Å². The van der Waals surface area contributed by atoms with Gasteiger partial charge in [0.2, 0.25) is 17.7 Å². The molecule has 1 unspecified atom stereocenters. The molecule has 0 spiro atoms. The zero-order valence-electron chi connectivity index (χ0n) is 36.3. The molecule has 17 nitrogen and oxygen atoms in total.